The Labute approximate surface area is 139 Å². The first-order chi connectivity index (χ1) is 10.8. The molecule has 0 aromatic heterocycles. The summed E-state index contributed by atoms with van der Waals surface area (Å²) in [6.45, 7) is 10.8. The van der Waals surface area contributed by atoms with E-state index in [1.54, 1.807) is 0 Å². The molecule has 0 radical (unpaired) electrons. The molecule has 1 aromatic carbocycles. The lowest BCUT2D eigenvalue weighted by Gasteiger charge is -2.24. The number of rotatable bonds is 5. The molecular weight excluding hydrogens is 288 g/mol. The fourth-order valence-electron chi connectivity index (χ4n) is 3.08. The fourth-order valence-corrected chi connectivity index (χ4v) is 3.08. The first-order valence-corrected chi connectivity index (χ1v) is 8.55. The third kappa shape index (κ3) is 3.74. The highest BCUT2D eigenvalue weighted by Crippen LogP contribution is 2.34. The van der Waals surface area contributed by atoms with E-state index < -0.39 is 0 Å². The van der Waals surface area contributed by atoms with Crippen molar-refractivity contribution in [1.82, 2.24) is 5.32 Å². The molecule has 1 aliphatic rings. The van der Waals surface area contributed by atoms with Gasteiger partial charge in [0.1, 0.15) is 0 Å². The summed E-state index contributed by atoms with van der Waals surface area (Å²) in [5.41, 5.74) is 3.25. The fraction of sp³-hybridized carbons (Fsp3) is 0.579. The summed E-state index contributed by atoms with van der Waals surface area (Å²) in [7, 11) is 0. The van der Waals surface area contributed by atoms with Crippen LogP contribution in [0.3, 0.4) is 0 Å². The monoisotopic (exact) mass is 316 g/mol. The molecule has 1 N–H and O–H groups in total. The molecule has 0 bridgehead atoms. The molecule has 0 aliphatic carbocycles. The Morgan fingerprint density at radius 1 is 1.35 bits per heavy atom. The molecule has 1 heterocycles. The van der Waals surface area contributed by atoms with Gasteiger partial charge < -0.3 is 10.2 Å². The van der Waals surface area contributed by atoms with Gasteiger partial charge in [0, 0.05) is 24.7 Å². The van der Waals surface area contributed by atoms with Gasteiger partial charge in [0.25, 0.3) is 0 Å². The number of nitrogens with zero attached hydrogens (tertiary/aromatic N) is 1. The van der Waals surface area contributed by atoms with Crippen LogP contribution in [-0.4, -0.2) is 24.4 Å². The molecule has 1 saturated heterocycles. The molecule has 2 atom stereocenters. The van der Waals surface area contributed by atoms with Crippen LogP contribution in [0.2, 0.25) is 0 Å². The number of aryl methyl sites for hydroxylation is 1. The van der Waals surface area contributed by atoms with Crippen LogP contribution in [0.4, 0.5) is 5.69 Å². The summed E-state index contributed by atoms with van der Waals surface area (Å²) < 4.78 is 0. The molecule has 2 amide bonds. The number of anilines is 1. The van der Waals surface area contributed by atoms with Gasteiger partial charge in [-0.05, 0) is 37.3 Å². The highest BCUT2D eigenvalue weighted by Gasteiger charge is 2.36. The molecule has 0 spiro atoms. The van der Waals surface area contributed by atoms with Crippen molar-refractivity contribution in [3.05, 3.63) is 29.3 Å². The van der Waals surface area contributed by atoms with E-state index in [4.69, 9.17) is 0 Å². The summed E-state index contributed by atoms with van der Waals surface area (Å²) >= 11 is 0. The quantitative estimate of drug-likeness (QED) is 0.905. The zero-order valence-electron chi connectivity index (χ0n) is 14.8. The van der Waals surface area contributed by atoms with Crippen LogP contribution in [0.15, 0.2) is 18.2 Å². The molecule has 2 unspecified atom stereocenters. The first kappa shape index (κ1) is 17.5. The number of hydrogen-bond donors (Lipinski definition) is 1. The minimum Gasteiger partial charge on any atom is -0.353 e. The Balaban J connectivity index is 2.23. The predicted molar refractivity (Wildman–Crippen MR) is 93.6 cm³/mol. The topological polar surface area (TPSA) is 49.4 Å². The number of carbonyl (C=O) groups excluding carboxylic acids is 2. The van der Waals surface area contributed by atoms with E-state index >= 15 is 0 Å². The number of benzene rings is 1. The van der Waals surface area contributed by atoms with Gasteiger partial charge in [0.05, 0.1) is 5.92 Å². The van der Waals surface area contributed by atoms with Gasteiger partial charge in [-0.1, -0.05) is 39.0 Å². The van der Waals surface area contributed by atoms with E-state index in [-0.39, 0.29) is 23.8 Å². The highest BCUT2D eigenvalue weighted by atomic mass is 16.2. The van der Waals surface area contributed by atoms with Gasteiger partial charge in [-0.2, -0.15) is 0 Å². The molecule has 1 aromatic rings. The zero-order chi connectivity index (χ0) is 17.1. The molecule has 1 aliphatic heterocycles. The van der Waals surface area contributed by atoms with Crippen molar-refractivity contribution in [2.24, 2.45) is 5.92 Å². The number of nitrogens with one attached hydrogen (secondary N) is 1. The van der Waals surface area contributed by atoms with Crippen LogP contribution in [0, 0.1) is 12.8 Å². The van der Waals surface area contributed by atoms with Gasteiger partial charge in [0.15, 0.2) is 0 Å². The third-order valence-corrected chi connectivity index (χ3v) is 4.66. The Morgan fingerprint density at radius 3 is 2.65 bits per heavy atom. The standard InChI is InChI=1S/C19H28N2O2/c1-6-14(5)20-19(23)15-10-17(22)21(11-15)18-13(4)8-7-9-16(18)12(2)3/h7-9,12,14-15H,6,10-11H2,1-5H3,(H,20,23). The van der Waals surface area contributed by atoms with Crippen LogP contribution in [-0.2, 0) is 9.59 Å². The SMILES string of the molecule is CCC(C)NC(=O)C1CC(=O)N(c2c(C)cccc2C(C)C)C1. The van der Waals surface area contributed by atoms with E-state index in [1.807, 2.05) is 37.8 Å². The second kappa shape index (κ2) is 7.16. The van der Waals surface area contributed by atoms with Crippen molar-refractivity contribution in [1.29, 1.82) is 0 Å². The molecular formula is C19H28N2O2. The van der Waals surface area contributed by atoms with Crippen molar-refractivity contribution in [3.8, 4) is 0 Å². The third-order valence-electron chi connectivity index (χ3n) is 4.66. The van der Waals surface area contributed by atoms with E-state index in [2.05, 4.69) is 25.2 Å². The van der Waals surface area contributed by atoms with Gasteiger partial charge in [0.2, 0.25) is 11.8 Å². The first-order valence-electron chi connectivity index (χ1n) is 8.55. The Kier molecular flexibility index (Phi) is 5.45. The van der Waals surface area contributed by atoms with Gasteiger partial charge >= 0.3 is 0 Å². The smallest absolute Gasteiger partial charge is 0.227 e. The minimum absolute atomic E-state index is 0.00474. The summed E-state index contributed by atoms with van der Waals surface area (Å²) in [5.74, 6) is 0.127. The van der Waals surface area contributed by atoms with Crippen LogP contribution in [0.1, 0.15) is 57.6 Å². The van der Waals surface area contributed by atoms with E-state index in [0.717, 1.165) is 17.7 Å². The summed E-state index contributed by atoms with van der Waals surface area (Å²) in [4.78, 5) is 26.7. The number of hydrogen-bond acceptors (Lipinski definition) is 2. The average Bonchev–Trinajstić information content (AvgIpc) is 2.88. The maximum absolute atomic E-state index is 12.5. The van der Waals surface area contributed by atoms with Crippen molar-refractivity contribution >= 4 is 17.5 Å². The van der Waals surface area contributed by atoms with Crippen LogP contribution >= 0.6 is 0 Å². The van der Waals surface area contributed by atoms with Crippen molar-refractivity contribution in [2.45, 2.75) is 59.4 Å². The summed E-state index contributed by atoms with van der Waals surface area (Å²) in [6, 6.07) is 6.28. The van der Waals surface area contributed by atoms with E-state index in [1.165, 1.54) is 5.56 Å². The lowest BCUT2D eigenvalue weighted by molar-refractivity contribution is -0.126. The molecule has 126 valence electrons. The average molecular weight is 316 g/mol. The molecule has 2 rings (SSSR count). The zero-order valence-corrected chi connectivity index (χ0v) is 14.8. The van der Waals surface area contributed by atoms with Crippen LogP contribution in [0.5, 0.6) is 0 Å². The number of carbonyl (C=O) groups is 2. The molecule has 1 fully saturated rings. The largest absolute Gasteiger partial charge is 0.353 e. The van der Waals surface area contributed by atoms with Gasteiger partial charge in [-0.25, -0.2) is 0 Å². The van der Waals surface area contributed by atoms with E-state index in [0.29, 0.717) is 18.9 Å². The molecule has 4 heteroatoms. The lowest BCUT2D eigenvalue weighted by Crippen LogP contribution is -2.38. The Bertz CT molecular complexity index is 595. The van der Waals surface area contributed by atoms with Crippen LogP contribution in [0.25, 0.3) is 0 Å². The van der Waals surface area contributed by atoms with Gasteiger partial charge in [-0.15, -0.1) is 0 Å². The maximum Gasteiger partial charge on any atom is 0.227 e. The highest BCUT2D eigenvalue weighted by molar-refractivity contribution is 6.01. The maximum atomic E-state index is 12.5. The second-order valence-electron chi connectivity index (χ2n) is 6.89. The molecule has 4 nitrogen and oxygen atoms in total. The molecule has 0 saturated carbocycles. The Morgan fingerprint density at radius 2 is 2.04 bits per heavy atom. The molecule has 23 heavy (non-hydrogen) atoms. The van der Waals surface area contributed by atoms with E-state index in [9.17, 15) is 9.59 Å². The second-order valence-corrected chi connectivity index (χ2v) is 6.89. The van der Waals surface area contributed by atoms with Crippen LogP contribution < -0.4 is 10.2 Å². The predicted octanol–water partition coefficient (Wildman–Crippen LogP) is 3.39. The van der Waals surface area contributed by atoms with Gasteiger partial charge in [-0.3, -0.25) is 9.59 Å². The van der Waals surface area contributed by atoms with Crippen molar-refractivity contribution in [2.75, 3.05) is 11.4 Å². The lowest BCUT2D eigenvalue weighted by atomic mass is 9.97. The summed E-state index contributed by atoms with van der Waals surface area (Å²) in [6.07, 6.45) is 1.19. The minimum atomic E-state index is -0.254. The van der Waals surface area contributed by atoms with Crippen molar-refractivity contribution in [3.63, 3.8) is 0 Å². The summed E-state index contributed by atoms with van der Waals surface area (Å²) in [5, 5.41) is 3.00. The van der Waals surface area contributed by atoms with Crippen molar-refractivity contribution < 1.29 is 9.59 Å². The number of amides is 2. The number of para-hydroxylation sites is 1. The Hall–Kier alpha value is -1.84. The normalized spacial score (nSPS) is 19.3.